The SMILES string of the molecule is N#Cc1cc(Cl)c(NC(=O)N[C@H](CCCO)c2ccccc2)c(Cl)c1. The number of amides is 2. The van der Waals surface area contributed by atoms with Gasteiger partial charge in [0, 0.05) is 6.61 Å². The minimum absolute atomic E-state index is 0.0416. The fourth-order valence-corrected chi connectivity index (χ4v) is 2.95. The fraction of sp³-hybridized carbons (Fsp3) is 0.222. The minimum Gasteiger partial charge on any atom is -0.396 e. The van der Waals surface area contributed by atoms with Gasteiger partial charge in [-0.1, -0.05) is 53.5 Å². The zero-order valence-corrected chi connectivity index (χ0v) is 14.8. The van der Waals surface area contributed by atoms with Crippen molar-refractivity contribution < 1.29 is 9.90 Å². The number of benzene rings is 2. The molecular weight excluding hydrogens is 361 g/mol. The molecule has 0 saturated heterocycles. The first-order valence-corrected chi connectivity index (χ1v) is 8.43. The van der Waals surface area contributed by atoms with E-state index in [0.29, 0.717) is 18.4 Å². The van der Waals surface area contributed by atoms with E-state index in [1.54, 1.807) is 0 Å². The van der Waals surface area contributed by atoms with Crippen LogP contribution < -0.4 is 10.6 Å². The Morgan fingerprint density at radius 2 is 1.84 bits per heavy atom. The Morgan fingerprint density at radius 3 is 2.40 bits per heavy atom. The highest BCUT2D eigenvalue weighted by molar-refractivity contribution is 6.39. The van der Waals surface area contributed by atoms with Crippen molar-refractivity contribution in [2.24, 2.45) is 0 Å². The lowest BCUT2D eigenvalue weighted by Crippen LogP contribution is -2.33. The van der Waals surface area contributed by atoms with Crippen molar-refractivity contribution >= 4 is 34.9 Å². The van der Waals surface area contributed by atoms with Gasteiger partial charge in [0.25, 0.3) is 0 Å². The lowest BCUT2D eigenvalue weighted by atomic mass is 10.0. The fourth-order valence-electron chi connectivity index (χ4n) is 2.37. The maximum Gasteiger partial charge on any atom is 0.319 e. The van der Waals surface area contributed by atoms with Crippen LogP contribution in [0.1, 0.15) is 30.0 Å². The molecule has 0 spiro atoms. The summed E-state index contributed by atoms with van der Waals surface area (Å²) in [5, 5.41) is 23.8. The molecule has 0 fully saturated rings. The first-order chi connectivity index (χ1) is 12.0. The molecule has 2 amide bonds. The lowest BCUT2D eigenvalue weighted by Gasteiger charge is -2.20. The average Bonchev–Trinajstić information content (AvgIpc) is 2.62. The van der Waals surface area contributed by atoms with Crippen LogP contribution in [0.25, 0.3) is 0 Å². The number of hydrogen-bond donors (Lipinski definition) is 3. The summed E-state index contributed by atoms with van der Waals surface area (Å²) >= 11 is 12.2. The third kappa shape index (κ3) is 5.36. The Hall–Kier alpha value is -2.26. The van der Waals surface area contributed by atoms with Gasteiger partial charge in [0.05, 0.1) is 33.4 Å². The van der Waals surface area contributed by atoms with Gasteiger partial charge in [-0.25, -0.2) is 4.79 Å². The van der Waals surface area contributed by atoms with Crippen LogP contribution in [0.4, 0.5) is 10.5 Å². The largest absolute Gasteiger partial charge is 0.396 e. The second-order valence-electron chi connectivity index (χ2n) is 5.35. The Morgan fingerprint density at radius 1 is 1.20 bits per heavy atom. The van der Waals surface area contributed by atoms with E-state index < -0.39 is 6.03 Å². The summed E-state index contributed by atoms with van der Waals surface area (Å²) in [6, 6.07) is 13.6. The van der Waals surface area contributed by atoms with E-state index >= 15 is 0 Å². The van der Waals surface area contributed by atoms with E-state index in [4.69, 9.17) is 33.6 Å². The molecule has 7 heteroatoms. The third-order valence-corrected chi connectivity index (χ3v) is 4.16. The Kier molecular flexibility index (Phi) is 7.08. The van der Waals surface area contributed by atoms with Crippen molar-refractivity contribution in [1.82, 2.24) is 5.32 Å². The standard InChI is InChI=1S/C18H17Cl2N3O2/c19-14-9-12(11-21)10-15(20)17(14)23-18(25)22-16(7-4-8-24)13-5-2-1-3-6-13/h1-3,5-6,9-10,16,24H,4,7-8H2,(H2,22,23,25)/t16-/m1/s1. The molecule has 130 valence electrons. The molecule has 3 N–H and O–H groups in total. The molecule has 0 radical (unpaired) electrons. The second-order valence-corrected chi connectivity index (χ2v) is 6.17. The molecule has 2 aromatic rings. The van der Waals surface area contributed by atoms with Crippen molar-refractivity contribution in [3.8, 4) is 6.07 Å². The van der Waals surface area contributed by atoms with Gasteiger partial charge < -0.3 is 15.7 Å². The van der Waals surface area contributed by atoms with E-state index in [1.165, 1.54) is 12.1 Å². The van der Waals surface area contributed by atoms with Crippen LogP contribution in [0.5, 0.6) is 0 Å². The molecule has 5 nitrogen and oxygen atoms in total. The monoisotopic (exact) mass is 377 g/mol. The molecule has 0 unspecified atom stereocenters. The van der Waals surface area contributed by atoms with E-state index in [0.717, 1.165) is 5.56 Å². The summed E-state index contributed by atoms with van der Waals surface area (Å²) in [7, 11) is 0. The molecule has 2 aromatic carbocycles. The number of halogens is 2. The number of urea groups is 1. The molecule has 0 heterocycles. The number of nitriles is 1. The molecule has 25 heavy (non-hydrogen) atoms. The Bertz CT molecular complexity index is 753. The van der Waals surface area contributed by atoms with Crippen molar-refractivity contribution in [2.75, 3.05) is 11.9 Å². The normalized spacial score (nSPS) is 11.4. The summed E-state index contributed by atoms with van der Waals surface area (Å²) in [5.41, 5.74) is 1.49. The van der Waals surface area contributed by atoms with Gasteiger partial charge in [0.2, 0.25) is 0 Å². The van der Waals surface area contributed by atoms with Gasteiger partial charge in [-0.2, -0.15) is 5.26 Å². The predicted octanol–water partition coefficient (Wildman–Crippen LogP) is 4.50. The first-order valence-electron chi connectivity index (χ1n) is 7.67. The van der Waals surface area contributed by atoms with Crippen LogP contribution in [-0.2, 0) is 0 Å². The van der Waals surface area contributed by atoms with Crippen LogP contribution in [0.3, 0.4) is 0 Å². The smallest absolute Gasteiger partial charge is 0.319 e. The van der Waals surface area contributed by atoms with Crippen molar-refractivity contribution in [3.05, 3.63) is 63.6 Å². The van der Waals surface area contributed by atoms with E-state index in [2.05, 4.69) is 10.6 Å². The highest BCUT2D eigenvalue weighted by Gasteiger charge is 2.16. The maximum absolute atomic E-state index is 12.4. The summed E-state index contributed by atoms with van der Waals surface area (Å²) in [6.07, 6.45) is 1.14. The average molecular weight is 378 g/mol. The van der Waals surface area contributed by atoms with Crippen molar-refractivity contribution in [1.29, 1.82) is 5.26 Å². The minimum atomic E-state index is -0.472. The predicted molar refractivity (Wildman–Crippen MR) is 98.8 cm³/mol. The number of anilines is 1. The van der Waals surface area contributed by atoms with Gasteiger partial charge in [0.15, 0.2) is 0 Å². The van der Waals surface area contributed by atoms with Crippen LogP contribution in [0.15, 0.2) is 42.5 Å². The molecule has 0 bridgehead atoms. The highest BCUT2D eigenvalue weighted by Crippen LogP contribution is 2.31. The first kappa shape index (κ1) is 19.1. The van der Waals surface area contributed by atoms with Gasteiger partial charge in [-0.3, -0.25) is 0 Å². The number of nitrogens with one attached hydrogen (secondary N) is 2. The van der Waals surface area contributed by atoms with E-state index in [1.807, 2.05) is 36.4 Å². The van der Waals surface area contributed by atoms with Gasteiger partial charge in [0.1, 0.15) is 0 Å². The summed E-state index contributed by atoms with van der Waals surface area (Å²) in [4.78, 5) is 12.4. The molecule has 1 atom stereocenters. The van der Waals surface area contributed by atoms with Crippen LogP contribution >= 0.6 is 23.2 Å². The Labute approximate surface area is 156 Å². The molecule has 0 aromatic heterocycles. The number of carbonyl (C=O) groups is 1. The van der Waals surface area contributed by atoms with Crippen molar-refractivity contribution in [2.45, 2.75) is 18.9 Å². The lowest BCUT2D eigenvalue weighted by molar-refractivity contribution is 0.244. The van der Waals surface area contributed by atoms with Crippen LogP contribution in [0.2, 0.25) is 10.0 Å². The number of aliphatic hydroxyl groups excluding tert-OH is 1. The summed E-state index contributed by atoms with van der Waals surface area (Å²) in [5.74, 6) is 0. The number of carbonyl (C=O) groups excluding carboxylic acids is 1. The molecule has 2 rings (SSSR count). The molecule has 0 saturated carbocycles. The van der Waals surface area contributed by atoms with Crippen molar-refractivity contribution in [3.63, 3.8) is 0 Å². The molecule has 0 aliphatic carbocycles. The zero-order valence-electron chi connectivity index (χ0n) is 13.3. The quantitative estimate of drug-likeness (QED) is 0.692. The number of nitrogens with zero attached hydrogens (tertiary/aromatic N) is 1. The molecule has 0 aliphatic heterocycles. The number of rotatable bonds is 6. The number of hydrogen-bond acceptors (Lipinski definition) is 3. The maximum atomic E-state index is 12.4. The highest BCUT2D eigenvalue weighted by atomic mass is 35.5. The van der Waals surface area contributed by atoms with Crippen LogP contribution in [-0.4, -0.2) is 17.7 Å². The van der Waals surface area contributed by atoms with E-state index in [9.17, 15) is 4.79 Å². The zero-order chi connectivity index (χ0) is 18.2. The van der Waals surface area contributed by atoms with Gasteiger partial charge in [-0.15, -0.1) is 0 Å². The molecule has 0 aliphatic rings. The number of aliphatic hydroxyl groups is 1. The second kappa shape index (κ2) is 9.28. The van der Waals surface area contributed by atoms with E-state index in [-0.39, 0.29) is 28.4 Å². The van der Waals surface area contributed by atoms with Gasteiger partial charge >= 0.3 is 6.03 Å². The summed E-state index contributed by atoms with van der Waals surface area (Å²) < 4.78 is 0. The van der Waals surface area contributed by atoms with Gasteiger partial charge in [-0.05, 0) is 30.5 Å². The Balaban J connectivity index is 2.13. The van der Waals surface area contributed by atoms with Crippen LogP contribution in [0, 0.1) is 11.3 Å². The summed E-state index contributed by atoms with van der Waals surface area (Å²) in [6.45, 7) is 0.0416. The molecular formula is C18H17Cl2N3O2. The topological polar surface area (TPSA) is 85.2 Å². The third-order valence-electron chi connectivity index (χ3n) is 3.57.